The Morgan fingerprint density at radius 2 is 1.86 bits per heavy atom. The summed E-state index contributed by atoms with van der Waals surface area (Å²) < 4.78 is 40.5. The number of anilines is 2. The highest BCUT2D eigenvalue weighted by molar-refractivity contribution is 14.1. The maximum Gasteiger partial charge on any atom is 0.265 e. The minimum Gasteiger partial charge on any atom is -0.398 e. The van der Waals surface area contributed by atoms with Crippen molar-refractivity contribution in [1.29, 1.82) is 0 Å². The van der Waals surface area contributed by atoms with Gasteiger partial charge in [0.2, 0.25) is 0 Å². The van der Waals surface area contributed by atoms with Gasteiger partial charge in [-0.15, -0.1) is 0 Å². The molecule has 0 aliphatic heterocycles. The van der Waals surface area contributed by atoms with E-state index in [-0.39, 0.29) is 26.3 Å². The van der Waals surface area contributed by atoms with E-state index in [1.165, 1.54) is 24.3 Å². The fourth-order valence-electron chi connectivity index (χ4n) is 1.63. The van der Waals surface area contributed by atoms with Crippen molar-refractivity contribution in [2.24, 2.45) is 0 Å². The Labute approximate surface area is 144 Å². The van der Waals surface area contributed by atoms with E-state index >= 15 is 0 Å². The number of nitrogens with two attached hydrogens (primary N) is 1. The topological polar surface area (TPSA) is 72.2 Å². The molecular weight excluding hydrogens is 453 g/mol. The average molecular weight is 461 g/mol. The molecule has 0 amide bonds. The summed E-state index contributed by atoms with van der Waals surface area (Å²) in [6, 6.07) is 6.23. The average Bonchev–Trinajstić information content (AvgIpc) is 2.30. The molecular formula is C12H8Cl2FIN2O2S. The molecule has 0 fully saturated rings. The third-order valence-corrected chi connectivity index (χ3v) is 5.48. The van der Waals surface area contributed by atoms with Crippen LogP contribution in [0, 0.1) is 9.39 Å². The lowest BCUT2D eigenvalue weighted by Gasteiger charge is -2.13. The van der Waals surface area contributed by atoms with E-state index in [0.717, 1.165) is 6.07 Å². The van der Waals surface area contributed by atoms with Crippen LogP contribution in [0.15, 0.2) is 35.2 Å². The third kappa shape index (κ3) is 3.71. The molecule has 0 aliphatic carbocycles. The molecule has 21 heavy (non-hydrogen) atoms. The monoisotopic (exact) mass is 460 g/mol. The summed E-state index contributed by atoms with van der Waals surface area (Å²) in [4.78, 5) is -0.270. The van der Waals surface area contributed by atoms with Crippen molar-refractivity contribution in [2.75, 3.05) is 10.5 Å². The quantitative estimate of drug-likeness (QED) is 0.534. The van der Waals surface area contributed by atoms with Gasteiger partial charge in [0, 0.05) is 8.59 Å². The number of nitrogen functional groups attached to an aromatic ring is 1. The van der Waals surface area contributed by atoms with Crippen molar-refractivity contribution in [3.63, 3.8) is 0 Å². The number of hydrogen-bond acceptors (Lipinski definition) is 3. The molecule has 2 aromatic carbocycles. The van der Waals surface area contributed by atoms with Crippen LogP contribution in [0.2, 0.25) is 10.0 Å². The van der Waals surface area contributed by atoms with E-state index in [0.29, 0.717) is 3.57 Å². The number of rotatable bonds is 3. The Hall–Kier alpha value is -0.770. The van der Waals surface area contributed by atoms with E-state index < -0.39 is 15.8 Å². The fraction of sp³-hybridized carbons (Fsp3) is 0. The Bertz CT molecular complexity index is 792. The van der Waals surface area contributed by atoms with Crippen molar-refractivity contribution in [3.05, 3.63) is 49.8 Å². The van der Waals surface area contributed by atoms with E-state index in [2.05, 4.69) is 4.72 Å². The van der Waals surface area contributed by atoms with Crippen LogP contribution >= 0.6 is 45.8 Å². The van der Waals surface area contributed by atoms with E-state index in [9.17, 15) is 12.8 Å². The van der Waals surface area contributed by atoms with Gasteiger partial charge in [0.05, 0.1) is 16.4 Å². The molecule has 0 saturated carbocycles. The molecule has 2 rings (SSSR count). The molecule has 4 nitrogen and oxygen atoms in total. The summed E-state index contributed by atoms with van der Waals surface area (Å²) in [6.45, 7) is 0. The van der Waals surface area contributed by atoms with Crippen molar-refractivity contribution in [1.82, 2.24) is 0 Å². The highest BCUT2D eigenvalue weighted by atomic mass is 127. The molecule has 0 heterocycles. The normalized spacial score (nSPS) is 11.4. The lowest BCUT2D eigenvalue weighted by Crippen LogP contribution is -2.16. The zero-order chi connectivity index (χ0) is 15.8. The first-order valence-corrected chi connectivity index (χ1v) is 8.75. The SMILES string of the molecule is Nc1cc(Cl)cc(Cl)c1S(=O)(=O)Nc1ccc(F)cc1I. The molecule has 0 saturated heterocycles. The molecule has 112 valence electrons. The van der Waals surface area contributed by atoms with Crippen LogP contribution in [0.5, 0.6) is 0 Å². The fourth-order valence-corrected chi connectivity index (χ4v) is 4.50. The van der Waals surface area contributed by atoms with E-state index in [4.69, 9.17) is 28.9 Å². The zero-order valence-electron chi connectivity index (χ0n) is 10.2. The molecule has 3 N–H and O–H groups in total. The second-order valence-electron chi connectivity index (χ2n) is 4.04. The van der Waals surface area contributed by atoms with Gasteiger partial charge in [-0.1, -0.05) is 23.2 Å². The lowest BCUT2D eigenvalue weighted by atomic mass is 10.3. The van der Waals surface area contributed by atoms with Gasteiger partial charge in [-0.25, -0.2) is 12.8 Å². The van der Waals surface area contributed by atoms with Crippen molar-refractivity contribution in [3.8, 4) is 0 Å². The van der Waals surface area contributed by atoms with E-state index in [1.807, 2.05) is 22.6 Å². The van der Waals surface area contributed by atoms with Gasteiger partial charge < -0.3 is 5.73 Å². The number of nitrogens with one attached hydrogen (secondary N) is 1. The Balaban J connectivity index is 2.48. The smallest absolute Gasteiger partial charge is 0.265 e. The molecule has 0 unspecified atom stereocenters. The first-order valence-electron chi connectivity index (χ1n) is 5.43. The molecule has 9 heteroatoms. The van der Waals surface area contributed by atoms with E-state index in [1.54, 1.807) is 0 Å². The number of benzene rings is 2. The maximum atomic E-state index is 13.0. The second-order valence-corrected chi connectivity index (χ2v) is 7.66. The summed E-state index contributed by atoms with van der Waals surface area (Å²) >= 11 is 13.5. The van der Waals surface area contributed by atoms with Gasteiger partial charge in [0.15, 0.2) is 0 Å². The predicted octanol–water partition coefficient (Wildman–Crippen LogP) is 4.12. The zero-order valence-corrected chi connectivity index (χ0v) is 14.7. The minimum atomic E-state index is -4.02. The van der Waals surface area contributed by atoms with Gasteiger partial charge in [0.25, 0.3) is 10.0 Å². The van der Waals surface area contributed by atoms with Crippen LogP contribution in [0.4, 0.5) is 15.8 Å². The highest BCUT2D eigenvalue weighted by Gasteiger charge is 2.23. The largest absolute Gasteiger partial charge is 0.398 e. The summed E-state index contributed by atoms with van der Waals surface area (Å²) in [5.74, 6) is -0.466. The molecule has 0 radical (unpaired) electrons. The number of hydrogen-bond donors (Lipinski definition) is 2. The van der Waals surface area contributed by atoms with Crippen LogP contribution < -0.4 is 10.5 Å². The van der Waals surface area contributed by atoms with Crippen molar-refractivity contribution in [2.45, 2.75) is 4.90 Å². The molecule has 0 aromatic heterocycles. The van der Waals surface area contributed by atoms with Crippen LogP contribution in [0.25, 0.3) is 0 Å². The van der Waals surface area contributed by atoms with Gasteiger partial charge in [0.1, 0.15) is 10.7 Å². The maximum absolute atomic E-state index is 13.0. The van der Waals surface area contributed by atoms with Gasteiger partial charge in [-0.05, 0) is 52.9 Å². The summed E-state index contributed by atoms with van der Waals surface area (Å²) in [5, 5.41) is 0.137. The Kier molecular flexibility index (Phi) is 4.86. The summed E-state index contributed by atoms with van der Waals surface area (Å²) in [5.41, 5.74) is 5.83. The minimum absolute atomic E-state index is 0.0721. The highest BCUT2D eigenvalue weighted by Crippen LogP contribution is 2.33. The Morgan fingerprint density at radius 3 is 2.43 bits per heavy atom. The number of halogens is 4. The molecule has 0 aliphatic rings. The summed E-state index contributed by atoms with van der Waals surface area (Å²) in [6.07, 6.45) is 0. The Morgan fingerprint density at radius 1 is 1.19 bits per heavy atom. The predicted molar refractivity (Wildman–Crippen MR) is 90.8 cm³/mol. The summed E-state index contributed by atoms with van der Waals surface area (Å²) in [7, 11) is -4.02. The van der Waals surface area contributed by atoms with Gasteiger partial charge >= 0.3 is 0 Å². The van der Waals surface area contributed by atoms with Crippen LogP contribution in [0.3, 0.4) is 0 Å². The molecule has 0 bridgehead atoms. The molecule has 0 spiro atoms. The standard InChI is InChI=1S/C12H8Cl2FIN2O2S/c13-6-3-8(14)12(10(17)4-6)21(19,20)18-11-2-1-7(15)5-9(11)16/h1-5,18H,17H2. The van der Waals surface area contributed by atoms with Gasteiger partial charge in [-0.2, -0.15) is 0 Å². The number of sulfonamides is 1. The van der Waals surface area contributed by atoms with Crippen LogP contribution in [0.1, 0.15) is 0 Å². The van der Waals surface area contributed by atoms with Crippen LogP contribution in [-0.4, -0.2) is 8.42 Å². The first kappa shape index (κ1) is 16.6. The van der Waals surface area contributed by atoms with Gasteiger partial charge in [-0.3, -0.25) is 4.72 Å². The molecule has 0 atom stereocenters. The lowest BCUT2D eigenvalue weighted by molar-refractivity contribution is 0.601. The molecule has 2 aromatic rings. The van der Waals surface area contributed by atoms with Crippen LogP contribution in [-0.2, 0) is 10.0 Å². The van der Waals surface area contributed by atoms with Crippen molar-refractivity contribution < 1.29 is 12.8 Å². The first-order chi connectivity index (χ1) is 9.70. The van der Waals surface area contributed by atoms with Crippen molar-refractivity contribution >= 4 is 67.2 Å². The second kappa shape index (κ2) is 6.15. The third-order valence-electron chi connectivity index (χ3n) is 2.48.